The van der Waals surface area contributed by atoms with Gasteiger partial charge < -0.3 is 14.1 Å². The molecule has 0 atom stereocenters. The number of methoxy groups -OCH3 is 1. The molecular formula is C27H23F4N3O3. The molecule has 192 valence electrons. The molecule has 6 nitrogen and oxygen atoms in total. The molecule has 0 aliphatic heterocycles. The Morgan fingerprint density at radius 3 is 2.49 bits per heavy atom. The summed E-state index contributed by atoms with van der Waals surface area (Å²) in [6.07, 6.45) is -3.79. The van der Waals surface area contributed by atoms with Crippen molar-refractivity contribution in [2.75, 3.05) is 20.7 Å². The average molecular weight is 513 g/mol. The summed E-state index contributed by atoms with van der Waals surface area (Å²) >= 11 is 0. The number of ether oxygens (including phenoxy) is 1. The Kier molecular flexibility index (Phi) is 7.80. The number of nitrogens with zero attached hydrogens (tertiary/aromatic N) is 3. The van der Waals surface area contributed by atoms with Gasteiger partial charge in [-0.05, 0) is 48.0 Å². The maximum atomic E-state index is 15.2. The van der Waals surface area contributed by atoms with Gasteiger partial charge in [-0.2, -0.15) is 18.2 Å². The summed E-state index contributed by atoms with van der Waals surface area (Å²) in [4.78, 5) is 16.7. The van der Waals surface area contributed by atoms with E-state index in [9.17, 15) is 18.0 Å². The molecule has 0 saturated heterocycles. The largest absolute Gasteiger partial charge is 0.417 e. The van der Waals surface area contributed by atoms with Crippen LogP contribution in [0.15, 0.2) is 65.2 Å². The fourth-order valence-electron chi connectivity index (χ4n) is 4.04. The van der Waals surface area contributed by atoms with Crippen LogP contribution in [0, 0.1) is 5.82 Å². The van der Waals surface area contributed by atoms with Crippen LogP contribution in [0.4, 0.5) is 17.6 Å². The molecule has 0 fully saturated rings. The molecule has 1 aromatic heterocycles. The number of aldehydes is 1. The van der Waals surface area contributed by atoms with Gasteiger partial charge in [0.15, 0.2) is 0 Å². The third-order valence-corrected chi connectivity index (χ3v) is 5.75. The highest BCUT2D eigenvalue weighted by Crippen LogP contribution is 2.39. The van der Waals surface area contributed by atoms with Crippen LogP contribution in [0.3, 0.4) is 0 Å². The number of hydrogen-bond acceptors (Lipinski definition) is 6. The second-order valence-corrected chi connectivity index (χ2v) is 8.41. The zero-order valence-corrected chi connectivity index (χ0v) is 20.1. The molecule has 37 heavy (non-hydrogen) atoms. The topological polar surface area (TPSA) is 68.5 Å². The molecule has 4 rings (SSSR count). The maximum Gasteiger partial charge on any atom is 0.417 e. The lowest BCUT2D eigenvalue weighted by molar-refractivity contribution is -0.137. The van der Waals surface area contributed by atoms with E-state index in [-0.39, 0.29) is 42.5 Å². The predicted molar refractivity (Wildman–Crippen MR) is 129 cm³/mol. The highest BCUT2D eigenvalue weighted by molar-refractivity contribution is 5.74. The van der Waals surface area contributed by atoms with Crippen molar-refractivity contribution < 1.29 is 31.6 Å². The van der Waals surface area contributed by atoms with Gasteiger partial charge in [0.1, 0.15) is 12.1 Å². The minimum atomic E-state index is -4.53. The third-order valence-electron chi connectivity index (χ3n) is 5.75. The van der Waals surface area contributed by atoms with Crippen molar-refractivity contribution in [3.8, 4) is 34.0 Å². The van der Waals surface area contributed by atoms with Gasteiger partial charge in [-0.3, -0.25) is 4.90 Å². The van der Waals surface area contributed by atoms with E-state index in [1.54, 1.807) is 48.3 Å². The molecule has 0 bridgehead atoms. The van der Waals surface area contributed by atoms with Crippen LogP contribution < -0.4 is 0 Å². The summed E-state index contributed by atoms with van der Waals surface area (Å²) < 4.78 is 66.6. The molecule has 3 aromatic carbocycles. The molecule has 0 amide bonds. The van der Waals surface area contributed by atoms with E-state index in [0.29, 0.717) is 22.3 Å². The van der Waals surface area contributed by atoms with Gasteiger partial charge in [0.05, 0.1) is 24.3 Å². The summed E-state index contributed by atoms with van der Waals surface area (Å²) in [5.41, 5.74) is 1.05. The number of halogens is 4. The van der Waals surface area contributed by atoms with Gasteiger partial charge in [-0.15, -0.1) is 0 Å². The molecule has 0 saturated carbocycles. The molecule has 0 N–H and O–H groups in total. The zero-order valence-electron chi connectivity index (χ0n) is 20.1. The first-order valence-corrected chi connectivity index (χ1v) is 11.3. The number of carbonyl (C=O) groups excluding carboxylic acids is 1. The van der Waals surface area contributed by atoms with Crippen molar-refractivity contribution in [3.05, 3.63) is 83.2 Å². The average Bonchev–Trinajstić information content (AvgIpc) is 3.35. The van der Waals surface area contributed by atoms with E-state index in [1.165, 1.54) is 25.3 Å². The highest BCUT2D eigenvalue weighted by atomic mass is 19.4. The van der Waals surface area contributed by atoms with E-state index in [4.69, 9.17) is 9.26 Å². The van der Waals surface area contributed by atoms with Crippen molar-refractivity contribution in [3.63, 3.8) is 0 Å². The molecule has 10 heteroatoms. The molecule has 1 heterocycles. The summed E-state index contributed by atoms with van der Waals surface area (Å²) in [5, 5.41) is 3.91. The van der Waals surface area contributed by atoms with Gasteiger partial charge in [0.25, 0.3) is 5.89 Å². The fraction of sp³-hybridized carbons (Fsp3) is 0.222. The van der Waals surface area contributed by atoms with Crippen molar-refractivity contribution in [1.29, 1.82) is 0 Å². The molecular weight excluding hydrogens is 490 g/mol. The van der Waals surface area contributed by atoms with E-state index < -0.39 is 17.6 Å². The summed E-state index contributed by atoms with van der Waals surface area (Å²) in [5.74, 6) is -0.440. The Morgan fingerprint density at radius 1 is 1.00 bits per heavy atom. The lowest BCUT2D eigenvalue weighted by Crippen LogP contribution is -2.20. The Balaban J connectivity index is 1.70. The van der Waals surface area contributed by atoms with Crippen LogP contribution in [0.25, 0.3) is 34.0 Å². The van der Waals surface area contributed by atoms with Crippen LogP contribution in [0.2, 0.25) is 0 Å². The Hall–Kier alpha value is -3.89. The lowest BCUT2D eigenvalue weighted by Gasteiger charge is -2.16. The van der Waals surface area contributed by atoms with Crippen molar-refractivity contribution in [2.24, 2.45) is 0 Å². The normalized spacial score (nSPS) is 11.8. The van der Waals surface area contributed by atoms with Gasteiger partial charge in [0, 0.05) is 24.8 Å². The Labute approximate surface area is 210 Å². The second kappa shape index (κ2) is 11.0. The van der Waals surface area contributed by atoms with E-state index in [0.717, 1.165) is 12.4 Å². The second-order valence-electron chi connectivity index (χ2n) is 8.41. The van der Waals surface area contributed by atoms with E-state index in [2.05, 4.69) is 10.1 Å². The quantitative estimate of drug-likeness (QED) is 0.202. The Bertz CT molecular complexity index is 1400. The summed E-state index contributed by atoms with van der Waals surface area (Å²) in [7, 11) is 3.14. The van der Waals surface area contributed by atoms with Crippen LogP contribution in [0.1, 0.15) is 16.7 Å². The van der Waals surface area contributed by atoms with E-state index >= 15 is 4.39 Å². The van der Waals surface area contributed by atoms with Crippen molar-refractivity contribution in [1.82, 2.24) is 15.0 Å². The number of hydrogen-bond donors (Lipinski definition) is 0. The SMILES string of the molecule is COCc1cc(-c2nc(-c3cccc(CN(C)CC=O)c3F)no2)ccc1-c1ccccc1C(F)(F)F. The Morgan fingerprint density at radius 2 is 1.76 bits per heavy atom. The van der Waals surface area contributed by atoms with Crippen molar-refractivity contribution >= 4 is 6.29 Å². The maximum absolute atomic E-state index is 15.2. The predicted octanol–water partition coefficient (Wildman–Crippen LogP) is 6.01. The van der Waals surface area contributed by atoms with Gasteiger partial charge in [-0.25, -0.2) is 4.39 Å². The van der Waals surface area contributed by atoms with E-state index in [1.807, 2.05) is 0 Å². The number of rotatable bonds is 9. The molecule has 0 radical (unpaired) electrons. The number of carbonyl (C=O) groups is 1. The zero-order chi connectivity index (χ0) is 26.6. The smallest absolute Gasteiger partial charge is 0.380 e. The van der Waals surface area contributed by atoms with Crippen LogP contribution >= 0.6 is 0 Å². The van der Waals surface area contributed by atoms with Crippen LogP contribution in [-0.4, -0.2) is 42.0 Å². The first-order valence-electron chi connectivity index (χ1n) is 11.3. The number of aromatic nitrogens is 2. The monoisotopic (exact) mass is 513 g/mol. The summed E-state index contributed by atoms with van der Waals surface area (Å²) in [6.45, 7) is 0.412. The standard InChI is InChI=1S/C27H23F4N3O3/c1-34(12-13-35)15-18-6-5-8-22(24(18)28)25-32-26(37-33-25)17-10-11-20(19(14-17)16-36-2)21-7-3-4-9-23(21)27(29,30)31/h3-11,13-14H,12,15-16H2,1-2H3. The molecule has 4 aromatic rings. The van der Waals surface area contributed by atoms with Gasteiger partial charge in [0.2, 0.25) is 5.82 Å². The molecule has 0 spiro atoms. The minimum absolute atomic E-state index is 0.0205. The van der Waals surface area contributed by atoms with Gasteiger partial charge in [-0.1, -0.05) is 41.6 Å². The number of alkyl halides is 3. The van der Waals surface area contributed by atoms with Crippen LogP contribution in [0.5, 0.6) is 0 Å². The third kappa shape index (κ3) is 5.76. The fourth-order valence-corrected chi connectivity index (χ4v) is 4.04. The van der Waals surface area contributed by atoms with Crippen LogP contribution in [-0.2, 0) is 28.9 Å². The molecule has 0 aliphatic rings. The highest BCUT2D eigenvalue weighted by Gasteiger charge is 2.33. The minimum Gasteiger partial charge on any atom is -0.380 e. The first-order chi connectivity index (χ1) is 17.7. The summed E-state index contributed by atoms with van der Waals surface area (Å²) in [6, 6.07) is 14.8. The molecule has 0 unspecified atom stereocenters. The first kappa shape index (κ1) is 26.2. The lowest BCUT2D eigenvalue weighted by atomic mass is 9.94. The van der Waals surface area contributed by atoms with Gasteiger partial charge >= 0.3 is 6.18 Å². The number of benzene rings is 3. The molecule has 0 aliphatic carbocycles. The van der Waals surface area contributed by atoms with Crippen molar-refractivity contribution in [2.45, 2.75) is 19.3 Å². The number of likely N-dealkylation sites (N-methyl/N-ethyl adjacent to an activating group) is 1.